The van der Waals surface area contributed by atoms with E-state index >= 15 is 0 Å². The molecule has 0 amide bonds. The summed E-state index contributed by atoms with van der Waals surface area (Å²) in [6.07, 6.45) is 3.57. The fraction of sp³-hybridized carbons (Fsp3) is 0.500. The van der Waals surface area contributed by atoms with Gasteiger partial charge in [0.25, 0.3) is 0 Å². The van der Waals surface area contributed by atoms with Gasteiger partial charge in [-0.3, -0.25) is 0 Å². The molecule has 0 unspecified atom stereocenters. The highest BCUT2D eigenvalue weighted by molar-refractivity contribution is 7.34. The lowest BCUT2D eigenvalue weighted by molar-refractivity contribution is 1.30. The molecule has 0 atom stereocenters. The summed E-state index contributed by atoms with van der Waals surface area (Å²) in [5.41, 5.74) is 0.906. The Balaban J connectivity index is 3.68. The van der Waals surface area contributed by atoms with Gasteiger partial charge >= 0.3 is 5.54 Å². The van der Waals surface area contributed by atoms with Crippen LogP contribution in [0.25, 0.3) is 0 Å². The zero-order valence-corrected chi connectivity index (χ0v) is 8.34. The van der Waals surface area contributed by atoms with Crippen LogP contribution in [0.2, 0.25) is 6.32 Å². The minimum Gasteiger partial charge on any atom is -0.171 e. The first-order valence-corrected chi connectivity index (χ1v) is 4.37. The molecule has 0 aromatic rings. The maximum Gasteiger partial charge on any atom is 0.355 e. The van der Waals surface area contributed by atoms with Crippen molar-refractivity contribution < 1.29 is 0 Å². The first-order chi connectivity index (χ1) is 5.16. The molecule has 0 aromatic heterocycles. The van der Waals surface area contributed by atoms with E-state index in [1.807, 2.05) is 19.9 Å². The standard InChI is InChI=1S/C8H11BCl2/c1-3-4-5-6-8(2)7-9(10)11/h6H,5,7H2,1-2H3/b8-6-. The molecule has 11 heavy (non-hydrogen) atoms. The summed E-state index contributed by atoms with van der Waals surface area (Å²) in [4.78, 5) is 0. The van der Waals surface area contributed by atoms with Gasteiger partial charge in [0.05, 0.1) is 0 Å². The minimum absolute atomic E-state index is 0.291. The van der Waals surface area contributed by atoms with Gasteiger partial charge in [-0.2, -0.15) is 22.9 Å². The Morgan fingerprint density at radius 2 is 2.18 bits per heavy atom. The normalized spacial score (nSPS) is 10.4. The van der Waals surface area contributed by atoms with Crippen LogP contribution in [0.4, 0.5) is 0 Å². The Morgan fingerprint density at radius 3 is 2.64 bits per heavy atom. The van der Waals surface area contributed by atoms with Crippen LogP contribution in [0.1, 0.15) is 20.3 Å². The van der Waals surface area contributed by atoms with Crippen molar-refractivity contribution in [1.29, 1.82) is 0 Å². The Kier molecular flexibility index (Phi) is 6.61. The van der Waals surface area contributed by atoms with E-state index in [1.165, 1.54) is 5.57 Å². The van der Waals surface area contributed by atoms with Crippen LogP contribution < -0.4 is 0 Å². The van der Waals surface area contributed by atoms with Gasteiger partial charge in [0.1, 0.15) is 0 Å². The molecule has 0 fully saturated rings. The highest BCUT2D eigenvalue weighted by Gasteiger charge is 2.04. The molecule has 0 nitrogen and oxygen atoms in total. The van der Waals surface area contributed by atoms with Crippen LogP contribution in [0, 0.1) is 11.8 Å². The summed E-state index contributed by atoms with van der Waals surface area (Å²) in [6.45, 7) is 3.84. The molecule has 0 saturated heterocycles. The Labute approximate surface area is 78.9 Å². The van der Waals surface area contributed by atoms with Crippen molar-refractivity contribution in [3.05, 3.63) is 11.6 Å². The van der Waals surface area contributed by atoms with Crippen LogP contribution in [0.5, 0.6) is 0 Å². The van der Waals surface area contributed by atoms with E-state index in [4.69, 9.17) is 22.9 Å². The predicted molar refractivity (Wildman–Crippen MR) is 54.1 cm³/mol. The lowest BCUT2D eigenvalue weighted by Crippen LogP contribution is -1.91. The number of halogens is 2. The molecule has 0 heterocycles. The van der Waals surface area contributed by atoms with E-state index < -0.39 is 0 Å². The topological polar surface area (TPSA) is 0 Å². The van der Waals surface area contributed by atoms with Crippen LogP contribution in [0.3, 0.4) is 0 Å². The monoisotopic (exact) mass is 188 g/mol. The maximum atomic E-state index is 5.57. The molecule has 0 bridgehead atoms. The highest BCUT2D eigenvalue weighted by atomic mass is 35.5. The molecule has 0 rings (SSSR count). The summed E-state index contributed by atoms with van der Waals surface area (Å²) in [6, 6.07) is 0. The molecule has 60 valence electrons. The Hall–Kier alpha value is -0.0551. The van der Waals surface area contributed by atoms with Crippen LogP contribution >= 0.6 is 22.9 Å². The van der Waals surface area contributed by atoms with Gasteiger partial charge < -0.3 is 0 Å². The molecule has 0 spiro atoms. The molecule has 0 N–H and O–H groups in total. The lowest BCUT2D eigenvalue weighted by Gasteiger charge is -1.95. The van der Waals surface area contributed by atoms with Crippen molar-refractivity contribution in [2.75, 3.05) is 0 Å². The van der Waals surface area contributed by atoms with Crippen molar-refractivity contribution in [2.45, 2.75) is 26.6 Å². The third-order valence-electron chi connectivity index (χ3n) is 1.21. The number of hydrogen-bond acceptors (Lipinski definition) is 0. The van der Waals surface area contributed by atoms with Crippen LogP contribution in [0.15, 0.2) is 11.6 Å². The van der Waals surface area contributed by atoms with Crippen LogP contribution in [-0.4, -0.2) is 5.54 Å². The fourth-order valence-corrected chi connectivity index (χ4v) is 1.14. The van der Waals surface area contributed by atoms with Gasteiger partial charge in [-0.1, -0.05) is 17.6 Å². The van der Waals surface area contributed by atoms with E-state index in [2.05, 4.69) is 11.8 Å². The van der Waals surface area contributed by atoms with Gasteiger partial charge in [-0.15, -0.1) is 5.92 Å². The molecule has 0 aromatic carbocycles. The second-order valence-corrected chi connectivity index (χ2v) is 3.55. The fourth-order valence-electron chi connectivity index (χ4n) is 0.654. The van der Waals surface area contributed by atoms with Crippen molar-refractivity contribution in [1.82, 2.24) is 0 Å². The van der Waals surface area contributed by atoms with E-state index in [9.17, 15) is 0 Å². The second kappa shape index (κ2) is 6.64. The van der Waals surface area contributed by atoms with Crippen LogP contribution in [-0.2, 0) is 0 Å². The largest absolute Gasteiger partial charge is 0.355 e. The van der Waals surface area contributed by atoms with Gasteiger partial charge in [0.15, 0.2) is 0 Å². The molecule has 0 aliphatic heterocycles. The number of rotatable bonds is 3. The molecule has 3 heteroatoms. The molecule has 0 radical (unpaired) electrons. The van der Waals surface area contributed by atoms with Gasteiger partial charge in [0, 0.05) is 6.42 Å². The molecule has 0 aliphatic rings. The zero-order chi connectivity index (χ0) is 8.69. The summed E-state index contributed by atoms with van der Waals surface area (Å²) in [5.74, 6) is 5.76. The molecule has 0 aliphatic carbocycles. The van der Waals surface area contributed by atoms with E-state index in [0.717, 1.165) is 12.7 Å². The summed E-state index contributed by atoms with van der Waals surface area (Å²) in [7, 11) is 0. The average Bonchev–Trinajstić information content (AvgIpc) is 1.86. The number of allylic oxidation sites excluding steroid dienone is 2. The first kappa shape index (κ1) is 10.9. The SMILES string of the molecule is CC#CC/C=C(/C)CB(Cl)Cl. The second-order valence-electron chi connectivity index (χ2n) is 2.28. The average molecular weight is 189 g/mol. The summed E-state index contributed by atoms with van der Waals surface area (Å²) in [5, 5.41) is 0. The Morgan fingerprint density at radius 1 is 1.55 bits per heavy atom. The first-order valence-electron chi connectivity index (χ1n) is 3.50. The Bertz CT molecular complexity index is 186. The van der Waals surface area contributed by atoms with E-state index in [1.54, 1.807) is 0 Å². The summed E-state index contributed by atoms with van der Waals surface area (Å²) >= 11 is 11.1. The summed E-state index contributed by atoms with van der Waals surface area (Å²) < 4.78 is 0. The van der Waals surface area contributed by atoms with Crippen molar-refractivity contribution >= 4 is 28.5 Å². The third-order valence-corrected chi connectivity index (χ3v) is 1.51. The van der Waals surface area contributed by atoms with E-state index in [0.29, 0.717) is 0 Å². The lowest BCUT2D eigenvalue weighted by atomic mass is 9.94. The maximum absolute atomic E-state index is 5.57. The van der Waals surface area contributed by atoms with Gasteiger partial charge in [-0.25, -0.2) is 0 Å². The van der Waals surface area contributed by atoms with Crippen molar-refractivity contribution in [3.63, 3.8) is 0 Å². The van der Waals surface area contributed by atoms with Crippen molar-refractivity contribution in [3.8, 4) is 11.8 Å². The predicted octanol–water partition coefficient (Wildman–Crippen LogP) is 3.31. The minimum atomic E-state index is -0.291. The van der Waals surface area contributed by atoms with Gasteiger partial charge in [0.2, 0.25) is 0 Å². The highest BCUT2D eigenvalue weighted by Crippen LogP contribution is 2.11. The van der Waals surface area contributed by atoms with E-state index in [-0.39, 0.29) is 5.54 Å². The van der Waals surface area contributed by atoms with Crippen molar-refractivity contribution in [2.24, 2.45) is 0 Å². The zero-order valence-electron chi connectivity index (χ0n) is 6.82. The van der Waals surface area contributed by atoms with Gasteiger partial charge in [-0.05, 0) is 20.2 Å². The molecular weight excluding hydrogens is 178 g/mol. The smallest absolute Gasteiger partial charge is 0.171 e. The number of hydrogen-bond donors (Lipinski definition) is 0. The molecular formula is C8H11BCl2. The molecule has 0 saturated carbocycles. The third kappa shape index (κ3) is 7.85. The quantitative estimate of drug-likeness (QED) is 0.362.